The van der Waals surface area contributed by atoms with Gasteiger partial charge in [0.1, 0.15) is 5.75 Å². The quantitative estimate of drug-likeness (QED) is 0.523. The highest BCUT2D eigenvalue weighted by Gasteiger charge is 1.96. The number of benzene rings is 1. The normalized spacial score (nSPS) is 12.6. The standard InChI is InChI=1S/C7H7ClO2/c8-7(9)10-6-4-2-1-3-5-6/h1-5,7,9H. The second kappa shape index (κ2) is 3.44. The molecule has 1 N–H and O–H groups in total. The molecule has 3 heteroatoms. The Morgan fingerprint density at radius 2 is 1.90 bits per heavy atom. The van der Waals surface area contributed by atoms with E-state index in [1.165, 1.54) is 0 Å². The maximum atomic E-state index is 8.55. The van der Waals surface area contributed by atoms with Crippen molar-refractivity contribution in [3.05, 3.63) is 30.3 Å². The number of aliphatic hydroxyl groups is 1. The second-order valence-electron chi connectivity index (χ2n) is 1.72. The van der Waals surface area contributed by atoms with Crippen LogP contribution in [0, 0.1) is 0 Å². The van der Waals surface area contributed by atoms with Gasteiger partial charge in [-0.15, -0.1) is 0 Å². The lowest BCUT2D eigenvalue weighted by atomic mass is 10.3. The fraction of sp³-hybridized carbons (Fsp3) is 0.143. The van der Waals surface area contributed by atoms with Gasteiger partial charge in [0.25, 0.3) is 5.75 Å². The summed E-state index contributed by atoms with van der Waals surface area (Å²) in [5, 5.41) is 8.55. The highest BCUT2D eigenvalue weighted by Crippen LogP contribution is 2.10. The van der Waals surface area contributed by atoms with E-state index in [1.54, 1.807) is 24.3 Å². The summed E-state index contributed by atoms with van der Waals surface area (Å²) in [6.45, 7) is 0. The van der Waals surface area contributed by atoms with Gasteiger partial charge in [0.2, 0.25) is 0 Å². The van der Waals surface area contributed by atoms with Crippen molar-refractivity contribution >= 4 is 11.6 Å². The first kappa shape index (κ1) is 7.38. The van der Waals surface area contributed by atoms with Crippen LogP contribution in [0.15, 0.2) is 30.3 Å². The lowest BCUT2D eigenvalue weighted by Gasteiger charge is -2.04. The topological polar surface area (TPSA) is 29.5 Å². The van der Waals surface area contributed by atoms with Gasteiger partial charge in [0.15, 0.2) is 0 Å². The highest BCUT2D eigenvalue weighted by molar-refractivity contribution is 6.18. The van der Waals surface area contributed by atoms with Gasteiger partial charge in [-0.2, -0.15) is 0 Å². The molecule has 0 heterocycles. The van der Waals surface area contributed by atoms with Crippen molar-refractivity contribution in [3.63, 3.8) is 0 Å². The van der Waals surface area contributed by atoms with E-state index in [9.17, 15) is 0 Å². The van der Waals surface area contributed by atoms with E-state index in [0.29, 0.717) is 5.75 Å². The van der Waals surface area contributed by atoms with Crippen LogP contribution in [-0.4, -0.2) is 10.9 Å². The van der Waals surface area contributed by atoms with Crippen LogP contribution in [0.5, 0.6) is 5.75 Å². The minimum absolute atomic E-state index is 0.560. The predicted octanol–water partition coefficient (Wildman–Crippen LogP) is 1.58. The molecule has 0 amide bonds. The molecule has 1 rings (SSSR count). The van der Waals surface area contributed by atoms with Gasteiger partial charge >= 0.3 is 0 Å². The number of ether oxygens (including phenoxy) is 1. The molecule has 0 aromatic heterocycles. The van der Waals surface area contributed by atoms with Crippen molar-refractivity contribution in [2.24, 2.45) is 0 Å². The summed E-state index contributed by atoms with van der Waals surface area (Å²) in [7, 11) is 0. The molecule has 0 fully saturated rings. The SMILES string of the molecule is OC(Cl)Oc1ccccc1. The molecule has 2 nitrogen and oxygen atoms in total. The van der Waals surface area contributed by atoms with Gasteiger partial charge in [0, 0.05) is 0 Å². The van der Waals surface area contributed by atoms with Crippen LogP contribution >= 0.6 is 11.6 Å². The average molecular weight is 159 g/mol. The largest absolute Gasteiger partial charge is 0.451 e. The van der Waals surface area contributed by atoms with Crippen molar-refractivity contribution in [1.29, 1.82) is 0 Å². The second-order valence-corrected chi connectivity index (χ2v) is 2.10. The molecular weight excluding hydrogens is 152 g/mol. The molecule has 1 aromatic rings. The molecule has 1 aromatic carbocycles. The van der Waals surface area contributed by atoms with E-state index in [4.69, 9.17) is 21.4 Å². The third kappa shape index (κ3) is 2.25. The maximum Gasteiger partial charge on any atom is 0.277 e. The summed E-state index contributed by atoms with van der Waals surface area (Å²) in [5.74, 6) is -0.701. The molecule has 0 aliphatic rings. The van der Waals surface area contributed by atoms with E-state index in [-0.39, 0.29) is 0 Å². The van der Waals surface area contributed by atoms with Crippen LogP contribution in [0.3, 0.4) is 0 Å². The summed E-state index contributed by atoms with van der Waals surface area (Å²) in [6, 6.07) is 8.88. The van der Waals surface area contributed by atoms with E-state index in [1.807, 2.05) is 6.07 Å². The number of rotatable bonds is 2. The van der Waals surface area contributed by atoms with Crippen LogP contribution in [0.1, 0.15) is 0 Å². The van der Waals surface area contributed by atoms with E-state index < -0.39 is 5.75 Å². The van der Waals surface area contributed by atoms with E-state index >= 15 is 0 Å². The van der Waals surface area contributed by atoms with Crippen molar-refractivity contribution < 1.29 is 9.84 Å². The Morgan fingerprint density at radius 1 is 1.30 bits per heavy atom. The molecule has 0 aliphatic heterocycles. The van der Waals surface area contributed by atoms with Gasteiger partial charge in [-0.3, -0.25) is 0 Å². The van der Waals surface area contributed by atoms with Crippen molar-refractivity contribution in [2.75, 3.05) is 0 Å². The summed E-state index contributed by atoms with van der Waals surface area (Å²) in [6.07, 6.45) is 0. The van der Waals surface area contributed by atoms with Crippen LogP contribution in [0.4, 0.5) is 0 Å². The number of hydrogen-bond acceptors (Lipinski definition) is 2. The Labute approximate surface area is 64.0 Å². The predicted molar refractivity (Wildman–Crippen MR) is 38.9 cm³/mol. The van der Waals surface area contributed by atoms with Gasteiger partial charge in [-0.05, 0) is 23.7 Å². The third-order valence-corrected chi connectivity index (χ3v) is 1.07. The molecule has 0 spiro atoms. The van der Waals surface area contributed by atoms with Gasteiger partial charge in [-0.25, -0.2) is 0 Å². The third-order valence-electron chi connectivity index (χ3n) is 0.977. The Hall–Kier alpha value is -0.730. The smallest absolute Gasteiger partial charge is 0.277 e. The Bertz CT molecular complexity index is 186. The summed E-state index contributed by atoms with van der Waals surface area (Å²) < 4.78 is 4.74. The molecule has 0 saturated carbocycles. The van der Waals surface area contributed by atoms with Crippen LogP contribution in [-0.2, 0) is 0 Å². The first-order chi connectivity index (χ1) is 4.79. The van der Waals surface area contributed by atoms with Crippen molar-refractivity contribution in [2.45, 2.75) is 5.75 Å². The minimum Gasteiger partial charge on any atom is -0.451 e. The van der Waals surface area contributed by atoms with Crippen molar-refractivity contribution in [1.82, 2.24) is 0 Å². The lowest BCUT2D eigenvalue weighted by Crippen LogP contribution is -2.05. The van der Waals surface area contributed by atoms with E-state index in [2.05, 4.69) is 0 Å². The number of hydrogen-bond donors (Lipinski definition) is 1. The molecular formula is C7H7ClO2. The zero-order valence-corrected chi connectivity index (χ0v) is 5.95. The molecule has 0 radical (unpaired) electrons. The fourth-order valence-corrected chi connectivity index (χ4v) is 0.714. The lowest BCUT2D eigenvalue weighted by molar-refractivity contribution is 0.0554. The van der Waals surface area contributed by atoms with Gasteiger partial charge in [-0.1, -0.05) is 18.2 Å². The first-order valence-electron chi connectivity index (χ1n) is 2.83. The molecule has 0 bridgehead atoms. The number of aliphatic hydroxyl groups excluding tert-OH is 1. The minimum atomic E-state index is -1.26. The van der Waals surface area contributed by atoms with Crippen LogP contribution in [0.25, 0.3) is 0 Å². The summed E-state index contributed by atoms with van der Waals surface area (Å²) in [4.78, 5) is 0. The maximum absolute atomic E-state index is 8.55. The average Bonchev–Trinajstić information content (AvgIpc) is 1.88. The molecule has 0 saturated heterocycles. The van der Waals surface area contributed by atoms with Crippen molar-refractivity contribution in [3.8, 4) is 5.75 Å². The molecule has 10 heavy (non-hydrogen) atoms. The molecule has 0 aliphatic carbocycles. The summed E-state index contributed by atoms with van der Waals surface area (Å²) >= 11 is 5.15. The monoisotopic (exact) mass is 158 g/mol. The molecule has 1 atom stereocenters. The van der Waals surface area contributed by atoms with Gasteiger partial charge < -0.3 is 9.84 Å². The zero-order chi connectivity index (χ0) is 7.40. The molecule has 54 valence electrons. The van der Waals surface area contributed by atoms with Crippen LogP contribution < -0.4 is 4.74 Å². The van der Waals surface area contributed by atoms with E-state index in [0.717, 1.165) is 0 Å². The van der Waals surface area contributed by atoms with Gasteiger partial charge in [0.05, 0.1) is 0 Å². The Balaban J connectivity index is 2.59. The number of halogens is 1. The molecule has 1 unspecified atom stereocenters. The number of alkyl halides is 1. The zero-order valence-electron chi connectivity index (χ0n) is 5.20. The Morgan fingerprint density at radius 3 is 2.40 bits per heavy atom. The number of para-hydroxylation sites is 1. The Kier molecular flexibility index (Phi) is 2.54. The first-order valence-corrected chi connectivity index (χ1v) is 3.26. The summed E-state index contributed by atoms with van der Waals surface area (Å²) in [5.41, 5.74) is 0. The fourth-order valence-electron chi connectivity index (χ4n) is 0.611. The highest BCUT2D eigenvalue weighted by atomic mass is 35.5. The van der Waals surface area contributed by atoms with Crippen LogP contribution in [0.2, 0.25) is 0 Å².